The minimum absolute atomic E-state index is 0.0184. The molecule has 26 heavy (non-hydrogen) atoms. The summed E-state index contributed by atoms with van der Waals surface area (Å²) in [6.07, 6.45) is 1.20. The first-order valence-corrected chi connectivity index (χ1v) is 7.17. The molecule has 0 aliphatic heterocycles. The molecule has 10 nitrogen and oxygen atoms in total. The molecule has 0 spiro atoms. The quantitative estimate of drug-likeness (QED) is 0.418. The highest BCUT2D eigenvalue weighted by atomic mass is 16.6. The molecular formula is C16H10N4O6. The van der Waals surface area contributed by atoms with Gasteiger partial charge >= 0.3 is 5.95 Å². The minimum Gasteiger partial charge on any atom is -0.479 e. The highest BCUT2D eigenvalue weighted by Crippen LogP contribution is 2.27. The van der Waals surface area contributed by atoms with E-state index in [0.717, 1.165) is 0 Å². The highest BCUT2D eigenvalue weighted by molar-refractivity contribution is 5.83. The summed E-state index contributed by atoms with van der Waals surface area (Å²) in [5, 5.41) is 31.2. The Balaban J connectivity index is 1.85. The summed E-state index contributed by atoms with van der Waals surface area (Å²) in [5.41, 5.74) is 0.553. The normalized spacial score (nSPS) is 10.9. The number of hydrogen-bond donors (Lipinski definition) is 1. The molecule has 1 aromatic heterocycles. The van der Waals surface area contributed by atoms with Crippen molar-refractivity contribution in [3.63, 3.8) is 0 Å². The SMILES string of the molecule is O=[N+]([O-])c1ccc(-c2nc(C=Nc3cccc([N+](=O)[O-])c3)c(O)o2)cc1. The molecule has 3 rings (SSSR count). The summed E-state index contributed by atoms with van der Waals surface area (Å²) in [6.45, 7) is 0. The van der Waals surface area contributed by atoms with E-state index >= 15 is 0 Å². The molecule has 0 aliphatic carbocycles. The number of nitro groups is 2. The Morgan fingerprint density at radius 2 is 1.73 bits per heavy atom. The van der Waals surface area contributed by atoms with Crippen LogP contribution in [0.3, 0.4) is 0 Å². The Labute approximate surface area is 145 Å². The van der Waals surface area contributed by atoms with Crippen molar-refractivity contribution >= 4 is 23.3 Å². The fraction of sp³-hybridized carbons (Fsp3) is 0. The standard InChI is InChI=1S/C16H10N4O6/c21-16-14(9-17-11-2-1-3-13(8-11)20(24)25)18-15(26-16)10-4-6-12(7-5-10)19(22)23/h1-9,21H. The topological polar surface area (TPSA) is 145 Å². The number of benzene rings is 2. The van der Waals surface area contributed by atoms with Crippen molar-refractivity contribution in [2.45, 2.75) is 0 Å². The van der Waals surface area contributed by atoms with Gasteiger partial charge in [0.05, 0.1) is 21.7 Å². The third-order valence-electron chi connectivity index (χ3n) is 3.34. The molecule has 10 heteroatoms. The van der Waals surface area contributed by atoms with Gasteiger partial charge in [0.1, 0.15) is 0 Å². The van der Waals surface area contributed by atoms with E-state index in [1.165, 1.54) is 48.7 Å². The van der Waals surface area contributed by atoms with Crippen molar-refractivity contribution in [3.05, 3.63) is 74.5 Å². The third kappa shape index (κ3) is 3.53. The lowest BCUT2D eigenvalue weighted by Gasteiger charge is -1.94. The minimum atomic E-state index is -0.542. The number of aromatic hydroxyl groups is 1. The van der Waals surface area contributed by atoms with Crippen LogP contribution in [-0.4, -0.2) is 26.2 Å². The van der Waals surface area contributed by atoms with Crippen LogP contribution in [-0.2, 0) is 0 Å². The molecule has 1 heterocycles. The molecule has 0 bridgehead atoms. The van der Waals surface area contributed by atoms with E-state index in [0.29, 0.717) is 11.3 Å². The maximum absolute atomic E-state index is 10.8. The lowest BCUT2D eigenvalue weighted by Crippen LogP contribution is -1.88. The van der Waals surface area contributed by atoms with Gasteiger partial charge in [-0.1, -0.05) is 6.07 Å². The second kappa shape index (κ2) is 6.81. The van der Waals surface area contributed by atoms with Gasteiger partial charge in [0.15, 0.2) is 5.69 Å². The van der Waals surface area contributed by atoms with Crippen LogP contribution in [0.4, 0.5) is 17.1 Å². The van der Waals surface area contributed by atoms with Crippen molar-refractivity contribution < 1.29 is 19.4 Å². The molecule has 2 aromatic carbocycles. The Morgan fingerprint density at radius 1 is 1.04 bits per heavy atom. The van der Waals surface area contributed by atoms with Crippen molar-refractivity contribution in [3.8, 4) is 17.4 Å². The summed E-state index contributed by atoms with van der Waals surface area (Å²) in [4.78, 5) is 28.4. The molecule has 0 atom stereocenters. The smallest absolute Gasteiger partial charge is 0.312 e. The summed E-state index contributed by atoms with van der Waals surface area (Å²) >= 11 is 0. The molecule has 0 radical (unpaired) electrons. The summed E-state index contributed by atoms with van der Waals surface area (Å²) in [5.74, 6) is -0.439. The third-order valence-corrected chi connectivity index (χ3v) is 3.34. The van der Waals surface area contributed by atoms with E-state index < -0.39 is 15.8 Å². The summed E-state index contributed by atoms with van der Waals surface area (Å²) in [7, 11) is 0. The molecule has 0 saturated carbocycles. The average Bonchev–Trinajstić information content (AvgIpc) is 3.01. The van der Waals surface area contributed by atoms with Gasteiger partial charge in [-0.25, -0.2) is 4.98 Å². The van der Waals surface area contributed by atoms with Crippen LogP contribution in [0, 0.1) is 20.2 Å². The van der Waals surface area contributed by atoms with E-state index in [-0.39, 0.29) is 23.0 Å². The first kappa shape index (κ1) is 16.8. The molecule has 0 saturated heterocycles. The Bertz CT molecular complexity index is 1010. The Hall–Kier alpha value is -4.08. The maximum Gasteiger partial charge on any atom is 0.312 e. The van der Waals surface area contributed by atoms with Gasteiger partial charge in [0.2, 0.25) is 5.89 Å². The van der Waals surface area contributed by atoms with E-state index in [1.807, 2.05) is 0 Å². The number of aliphatic imine (C=N–C) groups is 1. The first-order chi connectivity index (χ1) is 12.4. The van der Waals surface area contributed by atoms with Gasteiger partial charge in [0, 0.05) is 29.8 Å². The number of nitro benzene ring substituents is 2. The number of nitrogens with zero attached hydrogens (tertiary/aromatic N) is 4. The second-order valence-electron chi connectivity index (χ2n) is 5.05. The fourth-order valence-corrected chi connectivity index (χ4v) is 2.08. The van der Waals surface area contributed by atoms with Crippen LogP contribution >= 0.6 is 0 Å². The molecule has 0 fully saturated rings. The van der Waals surface area contributed by atoms with Crippen LogP contribution in [0.5, 0.6) is 5.95 Å². The summed E-state index contributed by atoms with van der Waals surface area (Å²) < 4.78 is 5.13. The van der Waals surface area contributed by atoms with Crippen LogP contribution in [0.1, 0.15) is 5.69 Å². The van der Waals surface area contributed by atoms with Crippen LogP contribution in [0.2, 0.25) is 0 Å². The number of hydrogen-bond acceptors (Lipinski definition) is 8. The molecule has 1 N–H and O–H groups in total. The van der Waals surface area contributed by atoms with E-state index in [1.54, 1.807) is 6.07 Å². The number of aromatic nitrogens is 1. The average molecular weight is 354 g/mol. The predicted molar refractivity (Wildman–Crippen MR) is 90.6 cm³/mol. The monoisotopic (exact) mass is 354 g/mol. The van der Waals surface area contributed by atoms with Crippen molar-refractivity contribution in [1.29, 1.82) is 0 Å². The van der Waals surface area contributed by atoms with Gasteiger partial charge in [-0.2, -0.15) is 0 Å². The lowest BCUT2D eigenvalue weighted by atomic mass is 10.2. The molecule has 0 amide bonds. The molecular weight excluding hydrogens is 344 g/mol. The Morgan fingerprint density at radius 3 is 2.38 bits per heavy atom. The Kier molecular flexibility index (Phi) is 4.39. The van der Waals surface area contributed by atoms with Crippen LogP contribution in [0.15, 0.2) is 57.9 Å². The zero-order valence-corrected chi connectivity index (χ0v) is 13.0. The van der Waals surface area contributed by atoms with Gasteiger partial charge in [-0.15, -0.1) is 0 Å². The van der Waals surface area contributed by atoms with Gasteiger partial charge in [-0.3, -0.25) is 25.2 Å². The van der Waals surface area contributed by atoms with Gasteiger partial charge in [0.25, 0.3) is 11.4 Å². The van der Waals surface area contributed by atoms with Gasteiger partial charge in [-0.05, 0) is 18.2 Å². The molecule has 0 unspecified atom stereocenters. The van der Waals surface area contributed by atoms with Gasteiger partial charge < -0.3 is 9.52 Å². The van der Waals surface area contributed by atoms with E-state index in [2.05, 4.69) is 9.98 Å². The highest BCUT2D eigenvalue weighted by Gasteiger charge is 2.14. The van der Waals surface area contributed by atoms with E-state index in [4.69, 9.17) is 4.42 Å². The molecule has 3 aromatic rings. The zero-order chi connectivity index (χ0) is 18.7. The maximum atomic E-state index is 10.8. The number of non-ortho nitro benzene ring substituents is 2. The van der Waals surface area contributed by atoms with Crippen molar-refractivity contribution in [2.24, 2.45) is 4.99 Å². The number of rotatable bonds is 5. The predicted octanol–water partition coefficient (Wildman–Crippen LogP) is 3.61. The van der Waals surface area contributed by atoms with E-state index in [9.17, 15) is 25.3 Å². The molecule has 130 valence electrons. The first-order valence-electron chi connectivity index (χ1n) is 7.17. The summed E-state index contributed by atoms with van der Waals surface area (Å²) in [6, 6.07) is 11.1. The zero-order valence-electron chi connectivity index (χ0n) is 13.0. The van der Waals surface area contributed by atoms with Crippen molar-refractivity contribution in [2.75, 3.05) is 0 Å². The van der Waals surface area contributed by atoms with Crippen LogP contribution < -0.4 is 0 Å². The number of oxazole rings is 1. The fourth-order valence-electron chi connectivity index (χ4n) is 2.08. The molecule has 0 aliphatic rings. The second-order valence-corrected chi connectivity index (χ2v) is 5.05. The van der Waals surface area contributed by atoms with Crippen LogP contribution in [0.25, 0.3) is 11.5 Å². The lowest BCUT2D eigenvalue weighted by molar-refractivity contribution is -0.385. The van der Waals surface area contributed by atoms with Crippen molar-refractivity contribution in [1.82, 2.24) is 4.98 Å². The largest absolute Gasteiger partial charge is 0.479 e.